The maximum Gasteiger partial charge on any atom is 0.227 e. The number of amides is 1. The Hall–Kier alpha value is -2.60. The molecule has 1 aliphatic rings. The molecule has 2 aromatic carbocycles. The first-order valence-corrected chi connectivity index (χ1v) is 8.59. The predicted molar refractivity (Wildman–Crippen MR) is 97.0 cm³/mol. The van der Waals surface area contributed by atoms with Gasteiger partial charge in [-0.2, -0.15) is 0 Å². The summed E-state index contributed by atoms with van der Waals surface area (Å²) < 4.78 is 24.2. The quantitative estimate of drug-likeness (QED) is 0.893. The second-order valence-corrected chi connectivity index (χ2v) is 6.22. The van der Waals surface area contributed by atoms with Crippen molar-refractivity contribution >= 4 is 5.91 Å². The van der Waals surface area contributed by atoms with Crippen LogP contribution in [0, 0.1) is 5.82 Å². The molecule has 26 heavy (non-hydrogen) atoms. The van der Waals surface area contributed by atoms with Crippen LogP contribution in [-0.4, -0.2) is 44.7 Å². The Kier molecular flexibility index (Phi) is 5.73. The van der Waals surface area contributed by atoms with Crippen molar-refractivity contribution in [3.8, 4) is 11.5 Å². The highest BCUT2D eigenvalue weighted by atomic mass is 19.1. The van der Waals surface area contributed by atoms with Gasteiger partial charge in [0.1, 0.15) is 17.3 Å². The Bertz CT molecular complexity index is 781. The van der Waals surface area contributed by atoms with Crippen molar-refractivity contribution in [2.45, 2.75) is 12.5 Å². The number of halogens is 1. The molecule has 1 aliphatic heterocycles. The lowest BCUT2D eigenvalue weighted by atomic mass is 10.0. The number of hydrogen-bond donors (Lipinski definition) is 1. The van der Waals surface area contributed by atoms with Crippen LogP contribution in [0.2, 0.25) is 0 Å². The van der Waals surface area contributed by atoms with Gasteiger partial charge in [0.2, 0.25) is 5.91 Å². The van der Waals surface area contributed by atoms with E-state index in [1.165, 1.54) is 19.2 Å². The van der Waals surface area contributed by atoms with Gasteiger partial charge < -0.3 is 19.7 Å². The van der Waals surface area contributed by atoms with E-state index >= 15 is 0 Å². The number of carbonyl (C=O) groups is 1. The van der Waals surface area contributed by atoms with Crippen molar-refractivity contribution in [2.24, 2.45) is 0 Å². The van der Waals surface area contributed by atoms with Crippen LogP contribution in [0.5, 0.6) is 11.5 Å². The van der Waals surface area contributed by atoms with Gasteiger partial charge in [0.25, 0.3) is 0 Å². The number of carbonyl (C=O) groups excluding carboxylic acids is 1. The molecule has 1 saturated heterocycles. The van der Waals surface area contributed by atoms with Crippen LogP contribution in [0.3, 0.4) is 0 Å². The Balaban J connectivity index is 1.83. The number of nitrogens with zero attached hydrogens (tertiary/aromatic N) is 1. The van der Waals surface area contributed by atoms with Crippen LogP contribution < -0.4 is 14.8 Å². The summed E-state index contributed by atoms with van der Waals surface area (Å²) in [6, 6.07) is 11.9. The third-order valence-corrected chi connectivity index (χ3v) is 4.63. The molecular formula is C20H23FN2O3. The molecule has 0 aliphatic carbocycles. The van der Waals surface area contributed by atoms with Gasteiger partial charge in [-0.1, -0.05) is 12.1 Å². The molecule has 0 bridgehead atoms. The lowest BCUT2D eigenvalue weighted by Gasteiger charge is -2.37. The summed E-state index contributed by atoms with van der Waals surface area (Å²) >= 11 is 0. The van der Waals surface area contributed by atoms with Gasteiger partial charge in [0, 0.05) is 25.2 Å². The van der Waals surface area contributed by atoms with Crippen molar-refractivity contribution < 1.29 is 18.7 Å². The first-order chi connectivity index (χ1) is 12.6. The summed E-state index contributed by atoms with van der Waals surface area (Å²) in [6.07, 6.45) is 0.0986. The average molecular weight is 358 g/mol. The zero-order chi connectivity index (χ0) is 18.5. The molecular weight excluding hydrogens is 335 g/mol. The average Bonchev–Trinajstić information content (AvgIpc) is 2.68. The third-order valence-electron chi connectivity index (χ3n) is 4.63. The molecule has 2 aromatic rings. The molecule has 5 nitrogen and oxygen atoms in total. The van der Waals surface area contributed by atoms with Gasteiger partial charge in [-0.15, -0.1) is 0 Å². The molecule has 0 spiro atoms. The SMILES string of the molecule is COc1cccc(C2CNCCN2C(=O)Cc2cc(F)ccc2OC)c1. The first-order valence-electron chi connectivity index (χ1n) is 8.59. The Morgan fingerprint density at radius 1 is 1.23 bits per heavy atom. The van der Waals surface area contributed by atoms with Crippen LogP contribution in [-0.2, 0) is 11.2 Å². The van der Waals surface area contributed by atoms with Crippen LogP contribution in [0.25, 0.3) is 0 Å². The smallest absolute Gasteiger partial charge is 0.227 e. The molecule has 1 fully saturated rings. The molecule has 138 valence electrons. The molecule has 1 atom stereocenters. The summed E-state index contributed by atoms with van der Waals surface area (Å²) in [4.78, 5) is 14.8. The predicted octanol–water partition coefficient (Wildman–Crippen LogP) is 2.56. The number of ether oxygens (including phenoxy) is 2. The first kappa shape index (κ1) is 18.2. The number of nitrogens with one attached hydrogen (secondary N) is 1. The van der Waals surface area contributed by atoms with E-state index in [-0.39, 0.29) is 24.2 Å². The Labute approximate surface area is 152 Å². The van der Waals surface area contributed by atoms with E-state index in [1.54, 1.807) is 13.2 Å². The summed E-state index contributed by atoms with van der Waals surface area (Å²) in [5, 5.41) is 3.33. The number of rotatable bonds is 5. The summed E-state index contributed by atoms with van der Waals surface area (Å²) in [5.74, 6) is 0.849. The van der Waals surface area contributed by atoms with Crippen molar-refractivity contribution in [1.29, 1.82) is 0 Å². The molecule has 1 N–H and O–H groups in total. The monoisotopic (exact) mass is 358 g/mol. The van der Waals surface area contributed by atoms with Crippen molar-refractivity contribution in [1.82, 2.24) is 10.2 Å². The van der Waals surface area contributed by atoms with Crippen LogP contribution in [0.4, 0.5) is 4.39 Å². The minimum atomic E-state index is -0.377. The summed E-state index contributed by atoms with van der Waals surface area (Å²) in [7, 11) is 3.14. The minimum absolute atomic E-state index is 0.0526. The molecule has 1 amide bonds. The van der Waals surface area contributed by atoms with Gasteiger partial charge in [-0.05, 0) is 35.9 Å². The van der Waals surface area contributed by atoms with E-state index in [4.69, 9.17) is 9.47 Å². The zero-order valence-electron chi connectivity index (χ0n) is 15.0. The van der Waals surface area contributed by atoms with E-state index in [1.807, 2.05) is 29.2 Å². The number of benzene rings is 2. The van der Waals surface area contributed by atoms with Gasteiger partial charge >= 0.3 is 0 Å². The highest BCUT2D eigenvalue weighted by molar-refractivity contribution is 5.80. The largest absolute Gasteiger partial charge is 0.497 e. The third kappa shape index (κ3) is 3.96. The summed E-state index contributed by atoms with van der Waals surface area (Å²) in [6.45, 7) is 1.99. The van der Waals surface area contributed by atoms with Gasteiger partial charge in [-0.3, -0.25) is 4.79 Å². The van der Waals surface area contributed by atoms with E-state index < -0.39 is 0 Å². The fourth-order valence-electron chi connectivity index (χ4n) is 3.30. The van der Waals surface area contributed by atoms with Gasteiger partial charge in [-0.25, -0.2) is 4.39 Å². The molecule has 6 heteroatoms. The minimum Gasteiger partial charge on any atom is -0.497 e. The van der Waals surface area contributed by atoms with E-state index in [0.717, 1.165) is 17.9 Å². The van der Waals surface area contributed by atoms with Crippen LogP contribution in [0.15, 0.2) is 42.5 Å². The maximum atomic E-state index is 13.6. The van der Waals surface area contributed by atoms with Gasteiger partial charge in [0.15, 0.2) is 0 Å². The van der Waals surface area contributed by atoms with E-state index in [0.29, 0.717) is 24.4 Å². The van der Waals surface area contributed by atoms with Crippen molar-refractivity contribution in [3.05, 3.63) is 59.4 Å². The topological polar surface area (TPSA) is 50.8 Å². The normalized spacial score (nSPS) is 17.0. The van der Waals surface area contributed by atoms with Crippen LogP contribution >= 0.6 is 0 Å². The molecule has 0 radical (unpaired) electrons. The highest BCUT2D eigenvalue weighted by Gasteiger charge is 2.28. The highest BCUT2D eigenvalue weighted by Crippen LogP contribution is 2.27. The molecule has 1 heterocycles. The Morgan fingerprint density at radius 2 is 2.08 bits per heavy atom. The van der Waals surface area contributed by atoms with Gasteiger partial charge in [0.05, 0.1) is 26.7 Å². The van der Waals surface area contributed by atoms with E-state index in [2.05, 4.69) is 5.32 Å². The van der Waals surface area contributed by atoms with Crippen molar-refractivity contribution in [3.63, 3.8) is 0 Å². The van der Waals surface area contributed by atoms with Crippen LogP contribution in [0.1, 0.15) is 17.2 Å². The van der Waals surface area contributed by atoms with Crippen molar-refractivity contribution in [2.75, 3.05) is 33.9 Å². The van der Waals surface area contributed by atoms with E-state index in [9.17, 15) is 9.18 Å². The molecule has 1 unspecified atom stereocenters. The number of methoxy groups -OCH3 is 2. The second-order valence-electron chi connectivity index (χ2n) is 6.22. The standard InChI is InChI=1S/C20H23FN2O3/c1-25-17-5-3-4-14(11-17)18-13-22-8-9-23(18)20(24)12-15-10-16(21)6-7-19(15)26-2/h3-7,10-11,18,22H,8-9,12-13H2,1-2H3. The lowest BCUT2D eigenvalue weighted by Crippen LogP contribution is -2.49. The number of hydrogen-bond acceptors (Lipinski definition) is 4. The zero-order valence-corrected chi connectivity index (χ0v) is 15.0. The molecule has 3 rings (SSSR count). The second kappa shape index (κ2) is 8.19. The fraction of sp³-hybridized carbons (Fsp3) is 0.350. The lowest BCUT2D eigenvalue weighted by molar-refractivity contribution is -0.133. The molecule has 0 saturated carbocycles. The fourth-order valence-corrected chi connectivity index (χ4v) is 3.30. The summed E-state index contributed by atoms with van der Waals surface area (Å²) in [5.41, 5.74) is 1.57. The number of piperazine rings is 1. The Morgan fingerprint density at radius 3 is 2.85 bits per heavy atom. The maximum absolute atomic E-state index is 13.6. The molecule has 0 aromatic heterocycles.